The van der Waals surface area contributed by atoms with Gasteiger partial charge in [0.25, 0.3) is 11.8 Å². The van der Waals surface area contributed by atoms with Crippen LogP contribution in [0, 0.1) is 17.8 Å². The van der Waals surface area contributed by atoms with E-state index in [-0.39, 0.29) is 24.5 Å². The van der Waals surface area contributed by atoms with E-state index in [1.165, 1.54) is 13.1 Å². The molecule has 6 unspecified atom stereocenters. The normalized spacial score (nSPS) is 34.3. The maximum atomic E-state index is 13.9. The fourth-order valence-corrected chi connectivity index (χ4v) is 8.21. The van der Waals surface area contributed by atoms with E-state index in [0.717, 1.165) is 9.80 Å². The zero-order valence-electron chi connectivity index (χ0n) is 19.8. The van der Waals surface area contributed by atoms with Gasteiger partial charge >= 0.3 is 0 Å². The molecule has 2 heterocycles. The summed E-state index contributed by atoms with van der Waals surface area (Å²) in [6.07, 6.45) is 1.94. The van der Waals surface area contributed by atoms with Crippen molar-refractivity contribution in [3.8, 4) is 5.75 Å². The van der Waals surface area contributed by atoms with E-state index in [1.807, 2.05) is 6.08 Å². The molecular weight excluding hydrogens is 619 g/mol. The maximum absolute atomic E-state index is 13.9. The highest BCUT2D eigenvalue weighted by Gasteiger charge is 2.76. The molecule has 1 saturated carbocycles. The number of fused-ring (bicyclic) bond motifs is 4. The number of rotatable bonds is 2. The van der Waals surface area contributed by atoms with Gasteiger partial charge in [-0.05, 0) is 61.2 Å². The average molecular weight is 639 g/mol. The summed E-state index contributed by atoms with van der Waals surface area (Å²) in [7, 11) is 1.32. The van der Waals surface area contributed by atoms with Gasteiger partial charge in [0.15, 0.2) is 9.75 Å². The Morgan fingerprint density at radius 2 is 1.66 bits per heavy atom. The number of alkyl halides is 2. The number of aromatic hydroxyl groups is 1. The lowest BCUT2D eigenvalue weighted by Crippen LogP contribution is -2.60. The number of imide groups is 2. The topological polar surface area (TPSA) is 95.0 Å². The minimum Gasteiger partial charge on any atom is -0.508 e. The molecule has 2 aromatic rings. The van der Waals surface area contributed by atoms with Crippen LogP contribution in [0.5, 0.6) is 5.75 Å². The Balaban J connectivity index is 1.53. The summed E-state index contributed by atoms with van der Waals surface area (Å²) in [4.78, 5) is 52.6. The molecule has 2 aliphatic carbocycles. The summed E-state index contributed by atoms with van der Waals surface area (Å²) < 4.78 is 0.619. The number of halogens is 4. The molecule has 2 saturated heterocycles. The van der Waals surface area contributed by atoms with Gasteiger partial charge in [0, 0.05) is 28.0 Å². The van der Waals surface area contributed by atoms with E-state index in [9.17, 15) is 24.3 Å². The Morgan fingerprint density at radius 3 is 2.34 bits per heavy atom. The molecule has 6 atom stereocenters. The van der Waals surface area contributed by atoms with Crippen LogP contribution in [0.1, 0.15) is 24.3 Å². The SMILES string of the molecule is CN1C(=O)C2(Cl)CC3C(=CCC4C(=O)N(c5ccc(Cl)cc5)C(=O)C43)C(c3cc(Br)ccc3O)C2(Cl)C1=O. The quantitative estimate of drug-likeness (QED) is 0.284. The highest BCUT2D eigenvalue weighted by molar-refractivity contribution is 9.10. The Bertz CT molecular complexity index is 1480. The number of anilines is 1. The van der Waals surface area contributed by atoms with Crippen molar-refractivity contribution in [2.24, 2.45) is 17.8 Å². The zero-order chi connectivity index (χ0) is 27.3. The standard InChI is InChI=1S/C27H20BrCl3N2O5/c1-32-24(37)26(30)11-18-15(21(27(26,31)25(32)38)17-10-12(28)2-9-19(17)34)7-8-16-20(18)23(36)33(22(16)35)14-5-3-13(29)4-6-14/h2-7,9-10,16,18,20-21,34H,8,11H2,1H3. The lowest BCUT2D eigenvalue weighted by molar-refractivity contribution is -0.138. The Kier molecular flexibility index (Phi) is 5.82. The Morgan fingerprint density at radius 1 is 0.974 bits per heavy atom. The number of nitrogens with zero attached hydrogens (tertiary/aromatic N) is 2. The first-order valence-corrected chi connectivity index (χ1v) is 13.9. The molecule has 38 heavy (non-hydrogen) atoms. The number of hydrogen-bond acceptors (Lipinski definition) is 5. The van der Waals surface area contributed by atoms with Gasteiger partial charge in [-0.2, -0.15) is 0 Å². The smallest absolute Gasteiger partial charge is 0.253 e. The van der Waals surface area contributed by atoms with Gasteiger partial charge in [-0.15, -0.1) is 23.2 Å². The molecule has 0 bridgehead atoms. The van der Waals surface area contributed by atoms with E-state index >= 15 is 0 Å². The fraction of sp³-hybridized carbons (Fsp3) is 0.333. The molecule has 2 aromatic carbocycles. The minimum atomic E-state index is -1.95. The number of benzene rings is 2. The molecule has 6 rings (SSSR count). The van der Waals surface area contributed by atoms with Crippen LogP contribution in [0.2, 0.25) is 5.02 Å². The van der Waals surface area contributed by atoms with Crippen LogP contribution in [-0.4, -0.2) is 50.4 Å². The number of carbonyl (C=O) groups is 4. The highest BCUT2D eigenvalue weighted by atomic mass is 79.9. The summed E-state index contributed by atoms with van der Waals surface area (Å²) in [5.74, 6) is -5.43. The first-order valence-electron chi connectivity index (χ1n) is 11.9. The van der Waals surface area contributed by atoms with Crippen molar-refractivity contribution < 1.29 is 24.3 Å². The first kappa shape index (κ1) is 25.9. The summed E-state index contributed by atoms with van der Waals surface area (Å²) in [6, 6.07) is 11.1. The number of phenolic OH excluding ortho intramolecular Hbond substituents is 1. The molecule has 1 N–H and O–H groups in total. The number of likely N-dealkylation sites (tertiary alicyclic amines) is 1. The second-order valence-corrected chi connectivity index (χ2v) is 12.8. The Labute approximate surface area is 241 Å². The minimum absolute atomic E-state index is 0.112. The highest BCUT2D eigenvalue weighted by Crippen LogP contribution is 2.66. The summed E-state index contributed by atoms with van der Waals surface area (Å²) in [5, 5.41) is 11.4. The molecule has 7 nitrogen and oxygen atoms in total. The lowest BCUT2D eigenvalue weighted by Gasteiger charge is -2.50. The third-order valence-corrected chi connectivity index (χ3v) is 10.6. The second-order valence-electron chi connectivity index (χ2n) is 10.2. The van der Waals surface area contributed by atoms with Gasteiger partial charge in [-0.3, -0.25) is 29.0 Å². The van der Waals surface area contributed by atoms with Crippen molar-refractivity contribution in [3.63, 3.8) is 0 Å². The molecular formula is C27H20BrCl3N2O5. The summed E-state index contributed by atoms with van der Waals surface area (Å²) >= 11 is 23.6. The van der Waals surface area contributed by atoms with Crippen LogP contribution in [-0.2, 0) is 19.2 Å². The van der Waals surface area contributed by atoms with Gasteiger partial charge in [0.05, 0.1) is 17.5 Å². The third-order valence-electron chi connectivity index (χ3n) is 8.40. The van der Waals surface area contributed by atoms with Crippen LogP contribution < -0.4 is 4.90 Å². The van der Waals surface area contributed by atoms with Crippen LogP contribution in [0.3, 0.4) is 0 Å². The van der Waals surface area contributed by atoms with Crippen molar-refractivity contribution in [2.45, 2.75) is 28.5 Å². The molecule has 0 spiro atoms. The van der Waals surface area contributed by atoms with Crippen molar-refractivity contribution in [1.82, 2.24) is 4.90 Å². The van der Waals surface area contributed by atoms with Gasteiger partial charge in [0.1, 0.15) is 5.75 Å². The largest absolute Gasteiger partial charge is 0.508 e. The lowest BCUT2D eigenvalue weighted by atomic mass is 9.56. The maximum Gasteiger partial charge on any atom is 0.253 e. The van der Waals surface area contributed by atoms with Crippen LogP contribution in [0.15, 0.2) is 58.6 Å². The van der Waals surface area contributed by atoms with Crippen LogP contribution in [0.25, 0.3) is 0 Å². The molecule has 4 aliphatic rings. The third kappa shape index (κ3) is 3.20. The van der Waals surface area contributed by atoms with Crippen molar-refractivity contribution in [3.05, 3.63) is 69.2 Å². The van der Waals surface area contributed by atoms with E-state index in [2.05, 4.69) is 15.9 Å². The molecule has 196 valence electrons. The molecule has 0 radical (unpaired) electrons. The second kappa shape index (κ2) is 8.55. The predicted octanol–water partition coefficient (Wildman–Crippen LogP) is 5.00. The first-order chi connectivity index (χ1) is 17.9. The summed E-state index contributed by atoms with van der Waals surface area (Å²) in [6.45, 7) is 0. The van der Waals surface area contributed by atoms with E-state index < -0.39 is 51.1 Å². The van der Waals surface area contributed by atoms with E-state index in [4.69, 9.17) is 34.8 Å². The fourth-order valence-electron chi connectivity index (χ4n) is 6.69. The Hall–Kier alpha value is -2.39. The molecule has 2 aliphatic heterocycles. The van der Waals surface area contributed by atoms with Gasteiger partial charge in [0.2, 0.25) is 11.8 Å². The zero-order valence-corrected chi connectivity index (χ0v) is 23.7. The van der Waals surface area contributed by atoms with Crippen molar-refractivity contribution in [1.29, 1.82) is 0 Å². The summed E-state index contributed by atoms with van der Waals surface area (Å²) in [5.41, 5.74) is 1.31. The van der Waals surface area contributed by atoms with Crippen molar-refractivity contribution in [2.75, 3.05) is 11.9 Å². The molecule has 0 aromatic heterocycles. The van der Waals surface area contributed by atoms with E-state index in [1.54, 1.807) is 36.4 Å². The predicted molar refractivity (Wildman–Crippen MR) is 145 cm³/mol. The molecule has 3 fully saturated rings. The van der Waals surface area contributed by atoms with E-state index in [0.29, 0.717) is 26.3 Å². The number of hydrogen-bond donors (Lipinski definition) is 1. The van der Waals surface area contributed by atoms with Crippen molar-refractivity contribution >= 4 is 80.0 Å². The molecule has 4 amide bonds. The molecule has 11 heteroatoms. The monoisotopic (exact) mass is 636 g/mol. The number of amides is 4. The van der Waals surface area contributed by atoms with Gasteiger partial charge in [-0.1, -0.05) is 39.2 Å². The average Bonchev–Trinajstić information content (AvgIpc) is 3.21. The van der Waals surface area contributed by atoms with Gasteiger partial charge in [-0.25, -0.2) is 0 Å². The number of phenols is 1. The van der Waals surface area contributed by atoms with Crippen LogP contribution in [0.4, 0.5) is 5.69 Å². The number of allylic oxidation sites excluding steroid dienone is 2. The van der Waals surface area contributed by atoms with Gasteiger partial charge < -0.3 is 5.11 Å². The number of carbonyl (C=O) groups excluding carboxylic acids is 4. The van der Waals surface area contributed by atoms with Crippen LogP contribution >= 0.6 is 50.7 Å².